The number of ether oxygens (including phenoxy) is 1. The van der Waals surface area contributed by atoms with Crippen LogP contribution in [0.2, 0.25) is 0 Å². The van der Waals surface area contributed by atoms with E-state index in [1.165, 1.54) is 18.6 Å². The van der Waals surface area contributed by atoms with E-state index in [1.54, 1.807) is 60.1 Å². The van der Waals surface area contributed by atoms with Gasteiger partial charge in [0.25, 0.3) is 5.91 Å². The summed E-state index contributed by atoms with van der Waals surface area (Å²) in [6.45, 7) is 1.07. The molecule has 0 aliphatic carbocycles. The molecule has 1 amide bonds. The fourth-order valence-corrected chi connectivity index (χ4v) is 4.06. The zero-order valence-corrected chi connectivity index (χ0v) is 18.2. The summed E-state index contributed by atoms with van der Waals surface area (Å²) in [5.74, 6) is -0.348. The van der Waals surface area contributed by atoms with Crippen LogP contribution in [0.4, 0.5) is 4.39 Å². The number of rotatable bonds is 5. The van der Waals surface area contributed by atoms with Crippen molar-refractivity contribution in [2.75, 3.05) is 13.1 Å². The van der Waals surface area contributed by atoms with Gasteiger partial charge in [0.1, 0.15) is 12.0 Å². The van der Waals surface area contributed by atoms with Gasteiger partial charge in [-0.2, -0.15) is 0 Å². The number of nitrogens with zero attached hydrogens (tertiary/aromatic N) is 6. The first kappa shape index (κ1) is 21.6. The van der Waals surface area contributed by atoms with Crippen LogP contribution in [0.5, 0.6) is 11.6 Å². The molecule has 1 fully saturated rings. The SMILES string of the molecule is O=C(c1cncc(-c2cncnc2)c1)N1CCCC(c2nccnc2Oc2ccccc2F)C1. The van der Waals surface area contributed by atoms with Crippen molar-refractivity contribution in [3.05, 3.63) is 90.9 Å². The third-order valence-corrected chi connectivity index (χ3v) is 5.71. The third kappa shape index (κ3) is 4.59. The molecular weight excluding hydrogens is 435 g/mol. The number of likely N-dealkylation sites (tertiary alicyclic amines) is 1. The second-order valence-corrected chi connectivity index (χ2v) is 7.96. The Balaban J connectivity index is 1.36. The van der Waals surface area contributed by atoms with E-state index in [9.17, 15) is 9.18 Å². The van der Waals surface area contributed by atoms with E-state index >= 15 is 0 Å². The number of para-hydroxylation sites is 1. The second kappa shape index (κ2) is 9.70. The van der Waals surface area contributed by atoms with Crippen molar-refractivity contribution in [2.24, 2.45) is 0 Å². The first-order valence-corrected chi connectivity index (χ1v) is 10.9. The molecule has 1 saturated heterocycles. The highest BCUT2D eigenvalue weighted by atomic mass is 19.1. The monoisotopic (exact) mass is 456 g/mol. The summed E-state index contributed by atoms with van der Waals surface area (Å²) in [7, 11) is 0. The van der Waals surface area contributed by atoms with Gasteiger partial charge in [-0.3, -0.25) is 14.8 Å². The van der Waals surface area contributed by atoms with E-state index in [4.69, 9.17) is 4.74 Å². The molecule has 3 aromatic heterocycles. The van der Waals surface area contributed by atoms with Crippen LogP contribution in [0.25, 0.3) is 11.1 Å². The number of hydrogen-bond acceptors (Lipinski definition) is 7. The molecule has 5 rings (SSSR count). The Morgan fingerprint density at radius 2 is 1.79 bits per heavy atom. The average molecular weight is 456 g/mol. The van der Waals surface area contributed by atoms with E-state index in [-0.39, 0.29) is 23.5 Å². The lowest BCUT2D eigenvalue weighted by atomic mass is 9.94. The predicted octanol–water partition coefficient (Wildman–Crippen LogP) is 4.28. The van der Waals surface area contributed by atoms with Gasteiger partial charge in [0, 0.05) is 67.3 Å². The molecule has 0 radical (unpaired) electrons. The molecule has 0 saturated carbocycles. The number of hydrogen-bond donors (Lipinski definition) is 0. The van der Waals surface area contributed by atoms with Crippen LogP contribution in [0.3, 0.4) is 0 Å². The van der Waals surface area contributed by atoms with Crippen molar-refractivity contribution in [1.82, 2.24) is 29.8 Å². The Bertz CT molecular complexity index is 1300. The maximum atomic E-state index is 14.1. The normalized spacial score (nSPS) is 15.7. The molecule has 8 nitrogen and oxygen atoms in total. The molecule has 0 N–H and O–H groups in total. The van der Waals surface area contributed by atoms with Gasteiger partial charge in [-0.1, -0.05) is 12.1 Å². The molecule has 1 aliphatic heterocycles. The number of piperidine rings is 1. The molecule has 9 heteroatoms. The Hall–Kier alpha value is -4.27. The van der Waals surface area contributed by atoms with Gasteiger partial charge < -0.3 is 9.64 Å². The highest BCUT2D eigenvalue weighted by Gasteiger charge is 2.29. The maximum Gasteiger partial charge on any atom is 0.255 e. The zero-order valence-electron chi connectivity index (χ0n) is 18.2. The lowest BCUT2D eigenvalue weighted by Gasteiger charge is -2.32. The maximum absolute atomic E-state index is 14.1. The van der Waals surface area contributed by atoms with Gasteiger partial charge in [-0.15, -0.1) is 0 Å². The van der Waals surface area contributed by atoms with E-state index in [2.05, 4.69) is 24.9 Å². The van der Waals surface area contributed by atoms with Gasteiger partial charge in [-0.25, -0.2) is 19.3 Å². The smallest absolute Gasteiger partial charge is 0.255 e. The number of carbonyl (C=O) groups is 1. The molecule has 34 heavy (non-hydrogen) atoms. The first-order valence-electron chi connectivity index (χ1n) is 10.9. The van der Waals surface area contributed by atoms with Crippen LogP contribution in [-0.2, 0) is 0 Å². The summed E-state index contributed by atoms with van der Waals surface area (Å²) < 4.78 is 19.9. The van der Waals surface area contributed by atoms with Crippen LogP contribution in [0, 0.1) is 5.82 Å². The molecule has 4 heterocycles. The number of amides is 1. The summed E-state index contributed by atoms with van der Waals surface area (Å²) in [5.41, 5.74) is 2.66. The molecule has 1 atom stereocenters. The largest absolute Gasteiger partial charge is 0.434 e. The second-order valence-electron chi connectivity index (χ2n) is 7.96. The average Bonchev–Trinajstić information content (AvgIpc) is 2.90. The first-order chi connectivity index (χ1) is 16.7. The predicted molar refractivity (Wildman–Crippen MR) is 122 cm³/mol. The number of aromatic nitrogens is 5. The van der Waals surface area contributed by atoms with E-state index in [0.717, 1.165) is 24.0 Å². The van der Waals surface area contributed by atoms with E-state index in [1.807, 2.05) is 0 Å². The minimum Gasteiger partial charge on any atom is -0.434 e. The number of pyridine rings is 1. The molecule has 0 bridgehead atoms. The van der Waals surface area contributed by atoms with Crippen LogP contribution in [0.1, 0.15) is 34.8 Å². The number of halogens is 1. The topological polar surface area (TPSA) is 94.0 Å². The van der Waals surface area contributed by atoms with Crippen molar-refractivity contribution in [1.29, 1.82) is 0 Å². The number of benzene rings is 1. The van der Waals surface area contributed by atoms with Gasteiger partial charge in [0.2, 0.25) is 5.88 Å². The zero-order chi connectivity index (χ0) is 23.3. The molecular formula is C25H21FN6O2. The van der Waals surface area contributed by atoms with Gasteiger partial charge in [0.05, 0.1) is 5.56 Å². The summed E-state index contributed by atoms with van der Waals surface area (Å²) in [6.07, 6.45) is 12.8. The van der Waals surface area contributed by atoms with E-state index < -0.39 is 5.82 Å². The van der Waals surface area contributed by atoms with Crippen molar-refractivity contribution in [3.63, 3.8) is 0 Å². The van der Waals surface area contributed by atoms with Gasteiger partial charge >= 0.3 is 0 Å². The van der Waals surface area contributed by atoms with Crippen molar-refractivity contribution in [2.45, 2.75) is 18.8 Å². The Morgan fingerprint density at radius 1 is 1.00 bits per heavy atom. The fraction of sp³-hybridized carbons (Fsp3) is 0.200. The quantitative estimate of drug-likeness (QED) is 0.442. The Kier molecular flexibility index (Phi) is 6.15. The highest BCUT2D eigenvalue weighted by molar-refractivity contribution is 5.95. The fourth-order valence-electron chi connectivity index (χ4n) is 4.06. The summed E-state index contributed by atoms with van der Waals surface area (Å²) in [4.78, 5) is 36.2. The molecule has 0 spiro atoms. The molecule has 4 aromatic rings. The summed E-state index contributed by atoms with van der Waals surface area (Å²) in [5, 5.41) is 0. The Morgan fingerprint density at radius 3 is 2.65 bits per heavy atom. The standard InChI is InChI=1S/C25H21FN6O2/c26-21-5-1-2-6-22(21)34-24-23(30-7-8-31-24)17-4-3-9-32(15-17)25(33)19-10-18(11-27-12-19)20-13-28-16-29-14-20/h1-2,5-8,10-14,16-17H,3-4,9,15H2. The lowest BCUT2D eigenvalue weighted by molar-refractivity contribution is 0.0704. The van der Waals surface area contributed by atoms with Crippen LogP contribution < -0.4 is 4.74 Å². The van der Waals surface area contributed by atoms with Crippen LogP contribution in [-0.4, -0.2) is 48.8 Å². The minimum absolute atomic E-state index is 0.0840. The van der Waals surface area contributed by atoms with Gasteiger partial charge in [-0.05, 0) is 31.0 Å². The van der Waals surface area contributed by atoms with Gasteiger partial charge in [0.15, 0.2) is 11.6 Å². The molecule has 1 aromatic carbocycles. The Labute approximate surface area is 195 Å². The summed E-state index contributed by atoms with van der Waals surface area (Å²) >= 11 is 0. The van der Waals surface area contributed by atoms with Crippen molar-refractivity contribution >= 4 is 5.91 Å². The summed E-state index contributed by atoms with van der Waals surface area (Å²) in [6, 6.07) is 7.96. The molecule has 170 valence electrons. The third-order valence-electron chi connectivity index (χ3n) is 5.71. The van der Waals surface area contributed by atoms with Crippen LogP contribution in [0.15, 0.2) is 73.8 Å². The number of carbonyl (C=O) groups excluding carboxylic acids is 1. The minimum atomic E-state index is -0.476. The van der Waals surface area contributed by atoms with E-state index in [0.29, 0.717) is 24.3 Å². The molecule has 1 unspecified atom stereocenters. The van der Waals surface area contributed by atoms with Crippen molar-refractivity contribution in [3.8, 4) is 22.8 Å². The van der Waals surface area contributed by atoms with Crippen molar-refractivity contribution < 1.29 is 13.9 Å². The molecule has 1 aliphatic rings. The lowest BCUT2D eigenvalue weighted by Crippen LogP contribution is -2.39. The van der Waals surface area contributed by atoms with Crippen LogP contribution >= 0.6 is 0 Å². The highest BCUT2D eigenvalue weighted by Crippen LogP contribution is 2.33.